The molecule has 0 fully saturated rings. The summed E-state index contributed by atoms with van der Waals surface area (Å²) in [6, 6.07) is 5.34. The van der Waals surface area contributed by atoms with Gasteiger partial charge in [-0.15, -0.1) is 13.2 Å². The van der Waals surface area contributed by atoms with Crippen LogP contribution in [0.5, 0.6) is 5.75 Å². The second kappa shape index (κ2) is 5.75. The number of amides is 1. The third-order valence-electron chi connectivity index (χ3n) is 2.39. The number of halogens is 3. The van der Waals surface area contributed by atoms with Gasteiger partial charge < -0.3 is 9.64 Å². The summed E-state index contributed by atoms with van der Waals surface area (Å²) in [4.78, 5) is 13.4. The second-order valence-electron chi connectivity index (χ2n) is 3.52. The Morgan fingerprint density at radius 3 is 2.28 bits per heavy atom. The van der Waals surface area contributed by atoms with Crippen LogP contribution in [0.3, 0.4) is 0 Å². The van der Waals surface area contributed by atoms with Crippen LogP contribution in [0.4, 0.5) is 13.2 Å². The lowest BCUT2D eigenvalue weighted by Crippen LogP contribution is -2.31. The summed E-state index contributed by atoms with van der Waals surface area (Å²) in [5.41, 5.74) is -0.0847. The molecule has 6 heteroatoms. The monoisotopic (exact) mass is 261 g/mol. The number of para-hydroxylation sites is 1. The second-order valence-corrected chi connectivity index (χ2v) is 3.52. The average molecular weight is 261 g/mol. The molecule has 1 rings (SSSR count). The van der Waals surface area contributed by atoms with Crippen LogP contribution < -0.4 is 4.74 Å². The van der Waals surface area contributed by atoms with E-state index in [0.29, 0.717) is 13.1 Å². The molecule has 0 spiro atoms. The lowest BCUT2D eigenvalue weighted by atomic mass is 10.1. The van der Waals surface area contributed by atoms with Crippen LogP contribution in [0, 0.1) is 0 Å². The standard InChI is InChI=1S/C12H14F3NO2/c1-3-16(4-2)11(17)9-7-5-6-8-10(9)18-12(13,14)15/h5-8H,3-4H2,1-2H3. The maximum absolute atomic E-state index is 12.2. The fourth-order valence-electron chi connectivity index (χ4n) is 1.54. The average Bonchev–Trinajstić information content (AvgIpc) is 2.29. The van der Waals surface area contributed by atoms with Crippen molar-refractivity contribution in [2.24, 2.45) is 0 Å². The highest BCUT2D eigenvalue weighted by Crippen LogP contribution is 2.27. The van der Waals surface area contributed by atoms with Crippen LogP contribution in [0.2, 0.25) is 0 Å². The molecule has 0 N–H and O–H groups in total. The molecule has 0 saturated heterocycles. The SMILES string of the molecule is CCN(CC)C(=O)c1ccccc1OC(F)(F)F. The van der Waals surface area contributed by atoms with Gasteiger partial charge in [0.1, 0.15) is 5.75 Å². The molecule has 18 heavy (non-hydrogen) atoms. The van der Waals surface area contributed by atoms with Crippen molar-refractivity contribution in [3.05, 3.63) is 29.8 Å². The van der Waals surface area contributed by atoms with E-state index in [1.54, 1.807) is 13.8 Å². The van der Waals surface area contributed by atoms with Gasteiger partial charge in [-0.1, -0.05) is 12.1 Å². The highest BCUT2D eigenvalue weighted by atomic mass is 19.4. The quantitative estimate of drug-likeness (QED) is 0.833. The first-order chi connectivity index (χ1) is 8.39. The van der Waals surface area contributed by atoms with Gasteiger partial charge in [-0.25, -0.2) is 0 Å². The van der Waals surface area contributed by atoms with Gasteiger partial charge in [0.25, 0.3) is 5.91 Å². The van der Waals surface area contributed by atoms with Crippen LogP contribution in [0.25, 0.3) is 0 Å². The topological polar surface area (TPSA) is 29.5 Å². The summed E-state index contributed by atoms with van der Waals surface area (Å²) < 4.78 is 40.5. The van der Waals surface area contributed by atoms with Crippen molar-refractivity contribution < 1.29 is 22.7 Å². The highest BCUT2D eigenvalue weighted by molar-refractivity contribution is 5.96. The Labute approximate surface area is 103 Å². The molecule has 0 radical (unpaired) electrons. The maximum atomic E-state index is 12.2. The number of ether oxygens (including phenoxy) is 1. The molecule has 0 atom stereocenters. The zero-order chi connectivity index (χ0) is 13.8. The van der Waals surface area contributed by atoms with Gasteiger partial charge in [-0.2, -0.15) is 0 Å². The Hall–Kier alpha value is -1.72. The summed E-state index contributed by atoms with van der Waals surface area (Å²) in [5, 5.41) is 0. The molecule has 0 aliphatic rings. The van der Waals surface area contributed by atoms with Gasteiger partial charge in [-0.3, -0.25) is 4.79 Å². The summed E-state index contributed by atoms with van der Waals surface area (Å²) in [6.07, 6.45) is -4.81. The molecular formula is C12H14F3NO2. The summed E-state index contributed by atoms with van der Waals surface area (Å²) in [5.74, 6) is -0.943. The smallest absolute Gasteiger partial charge is 0.405 e. The normalized spacial score (nSPS) is 11.2. The molecule has 1 aromatic rings. The molecule has 0 aliphatic heterocycles. The van der Waals surface area contributed by atoms with Gasteiger partial charge in [-0.05, 0) is 26.0 Å². The molecular weight excluding hydrogens is 247 g/mol. The largest absolute Gasteiger partial charge is 0.573 e. The van der Waals surface area contributed by atoms with E-state index in [9.17, 15) is 18.0 Å². The van der Waals surface area contributed by atoms with Crippen molar-refractivity contribution in [3.63, 3.8) is 0 Å². The van der Waals surface area contributed by atoms with E-state index in [1.807, 2.05) is 0 Å². The Bertz CT molecular complexity index is 414. The number of rotatable bonds is 4. The van der Waals surface area contributed by atoms with E-state index < -0.39 is 18.0 Å². The zero-order valence-electron chi connectivity index (χ0n) is 10.1. The molecule has 100 valence electrons. The van der Waals surface area contributed by atoms with Crippen LogP contribution >= 0.6 is 0 Å². The lowest BCUT2D eigenvalue weighted by Gasteiger charge is -2.20. The van der Waals surface area contributed by atoms with Gasteiger partial charge in [0.15, 0.2) is 0 Å². The minimum atomic E-state index is -4.81. The molecule has 1 amide bonds. The number of carbonyl (C=O) groups is 1. The third-order valence-corrected chi connectivity index (χ3v) is 2.39. The Morgan fingerprint density at radius 1 is 1.22 bits per heavy atom. The molecule has 0 aliphatic carbocycles. The summed E-state index contributed by atoms with van der Waals surface area (Å²) >= 11 is 0. The van der Waals surface area contributed by atoms with E-state index in [-0.39, 0.29) is 5.56 Å². The van der Waals surface area contributed by atoms with E-state index in [4.69, 9.17) is 0 Å². The zero-order valence-corrected chi connectivity index (χ0v) is 10.1. The highest BCUT2D eigenvalue weighted by Gasteiger charge is 2.33. The fourth-order valence-corrected chi connectivity index (χ4v) is 1.54. The predicted molar refractivity (Wildman–Crippen MR) is 60.4 cm³/mol. The number of hydrogen-bond donors (Lipinski definition) is 0. The first-order valence-electron chi connectivity index (χ1n) is 5.53. The maximum Gasteiger partial charge on any atom is 0.573 e. The summed E-state index contributed by atoms with van der Waals surface area (Å²) in [7, 11) is 0. The third kappa shape index (κ3) is 3.65. The summed E-state index contributed by atoms with van der Waals surface area (Å²) in [6.45, 7) is 4.37. The number of carbonyl (C=O) groups excluding carboxylic acids is 1. The van der Waals surface area contributed by atoms with Gasteiger partial charge >= 0.3 is 6.36 Å². The van der Waals surface area contributed by atoms with Crippen molar-refractivity contribution in [3.8, 4) is 5.75 Å². The van der Waals surface area contributed by atoms with E-state index in [0.717, 1.165) is 6.07 Å². The molecule has 0 saturated carbocycles. The van der Waals surface area contributed by atoms with Gasteiger partial charge in [0.2, 0.25) is 0 Å². The first kappa shape index (κ1) is 14.3. The van der Waals surface area contributed by atoms with Crippen LogP contribution in [0.1, 0.15) is 24.2 Å². The van der Waals surface area contributed by atoms with Crippen molar-refractivity contribution in [2.75, 3.05) is 13.1 Å². The molecule has 3 nitrogen and oxygen atoms in total. The van der Waals surface area contributed by atoms with Crippen LogP contribution in [-0.4, -0.2) is 30.3 Å². The van der Waals surface area contributed by atoms with Crippen LogP contribution in [0.15, 0.2) is 24.3 Å². The van der Waals surface area contributed by atoms with Crippen LogP contribution in [-0.2, 0) is 0 Å². The van der Waals surface area contributed by atoms with Crippen molar-refractivity contribution in [1.82, 2.24) is 4.90 Å². The van der Waals surface area contributed by atoms with Crippen molar-refractivity contribution in [1.29, 1.82) is 0 Å². The fraction of sp³-hybridized carbons (Fsp3) is 0.417. The molecule has 0 unspecified atom stereocenters. The first-order valence-corrected chi connectivity index (χ1v) is 5.53. The van der Waals surface area contributed by atoms with Crippen molar-refractivity contribution >= 4 is 5.91 Å². The Balaban J connectivity index is 3.05. The predicted octanol–water partition coefficient (Wildman–Crippen LogP) is 3.07. The number of benzene rings is 1. The van der Waals surface area contributed by atoms with Crippen molar-refractivity contribution in [2.45, 2.75) is 20.2 Å². The minimum absolute atomic E-state index is 0.0847. The molecule has 1 aromatic carbocycles. The van der Waals surface area contributed by atoms with Gasteiger partial charge in [0.05, 0.1) is 5.56 Å². The Morgan fingerprint density at radius 2 is 1.78 bits per heavy atom. The Kier molecular flexibility index (Phi) is 4.58. The number of alkyl halides is 3. The van der Waals surface area contributed by atoms with E-state index >= 15 is 0 Å². The number of hydrogen-bond acceptors (Lipinski definition) is 2. The number of nitrogens with zero attached hydrogens (tertiary/aromatic N) is 1. The van der Waals surface area contributed by atoms with E-state index in [2.05, 4.69) is 4.74 Å². The molecule has 0 bridgehead atoms. The molecule has 0 aromatic heterocycles. The van der Waals surface area contributed by atoms with Gasteiger partial charge in [0, 0.05) is 13.1 Å². The van der Waals surface area contributed by atoms with E-state index in [1.165, 1.54) is 23.1 Å². The lowest BCUT2D eigenvalue weighted by molar-refractivity contribution is -0.274. The minimum Gasteiger partial charge on any atom is -0.405 e. The molecule has 0 heterocycles.